The highest BCUT2D eigenvalue weighted by atomic mass is 19.1. The Labute approximate surface area is 193 Å². The SMILES string of the molecule is Cc1ncc(-c2cc(F)c3c(c2)[C@]2(COC(N)=N2)c2cc(-c4cccnc4F)ccc2O3)cn1. The topological polar surface area (TPSA) is 95.5 Å². The average Bonchev–Trinajstić information content (AvgIpc) is 3.23. The lowest BCUT2D eigenvalue weighted by atomic mass is 9.79. The molecule has 0 saturated heterocycles. The molecule has 2 aliphatic heterocycles. The Morgan fingerprint density at radius 3 is 2.47 bits per heavy atom. The molecule has 2 aromatic heterocycles. The lowest BCUT2D eigenvalue weighted by Gasteiger charge is -2.34. The lowest BCUT2D eigenvalue weighted by Crippen LogP contribution is -2.31. The van der Waals surface area contributed by atoms with Gasteiger partial charge in [0, 0.05) is 40.8 Å². The molecular formula is C25H17F2N5O2. The Morgan fingerprint density at radius 2 is 1.74 bits per heavy atom. The second kappa shape index (κ2) is 7.31. The van der Waals surface area contributed by atoms with Crippen LogP contribution in [0.4, 0.5) is 8.78 Å². The zero-order valence-electron chi connectivity index (χ0n) is 17.9. The van der Waals surface area contributed by atoms with Crippen LogP contribution in [0.1, 0.15) is 17.0 Å². The molecule has 0 saturated carbocycles. The Kier molecular flexibility index (Phi) is 4.35. The van der Waals surface area contributed by atoms with Gasteiger partial charge in [0.25, 0.3) is 6.02 Å². The standard InChI is InChI=1S/C25H17F2N5O2/c1-13-30-10-16(11-31-13)15-8-19-22(20(26)9-15)34-21-5-4-14(17-3-2-6-29-23(17)27)7-18(21)25(19)12-33-24(28)32-25/h2-11H,12H2,1H3,(H2,28,32)/t25-/m0/s1. The lowest BCUT2D eigenvalue weighted by molar-refractivity contribution is 0.262. The molecule has 0 aliphatic carbocycles. The number of aryl methyl sites for hydroxylation is 1. The van der Waals surface area contributed by atoms with Crippen molar-refractivity contribution in [3.05, 3.63) is 89.8 Å². The van der Waals surface area contributed by atoms with Gasteiger partial charge >= 0.3 is 0 Å². The molecule has 2 aliphatic rings. The van der Waals surface area contributed by atoms with E-state index in [4.69, 9.17) is 15.2 Å². The molecule has 0 unspecified atom stereocenters. The quantitative estimate of drug-likeness (QED) is 0.446. The van der Waals surface area contributed by atoms with Gasteiger partial charge in [-0.05, 0) is 54.4 Å². The largest absolute Gasteiger partial charge is 0.462 e. The molecule has 0 amide bonds. The van der Waals surface area contributed by atoms with Gasteiger partial charge in [-0.15, -0.1) is 0 Å². The zero-order valence-corrected chi connectivity index (χ0v) is 17.9. The van der Waals surface area contributed by atoms with Crippen molar-refractivity contribution in [2.24, 2.45) is 10.7 Å². The van der Waals surface area contributed by atoms with E-state index in [1.807, 2.05) is 0 Å². The molecule has 0 radical (unpaired) electrons. The molecular weight excluding hydrogens is 440 g/mol. The molecule has 9 heteroatoms. The van der Waals surface area contributed by atoms with Crippen molar-refractivity contribution in [1.29, 1.82) is 0 Å². The summed E-state index contributed by atoms with van der Waals surface area (Å²) in [6.45, 7) is 1.81. The molecule has 6 rings (SSSR count). The summed E-state index contributed by atoms with van der Waals surface area (Å²) in [7, 11) is 0. The highest BCUT2D eigenvalue weighted by molar-refractivity contribution is 5.79. The van der Waals surface area contributed by atoms with Gasteiger partial charge in [0.1, 0.15) is 18.2 Å². The molecule has 1 atom stereocenters. The first-order valence-corrected chi connectivity index (χ1v) is 10.5. The minimum absolute atomic E-state index is 0.0266. The van der Waals surface area contributed by atoms with Crippen LogP contribution >= 0.6 is 0 Å². The van der Waals surface area contributed by atoms with E-state index in [0.29, 0.717) is 45.0 Å². The van der Waals surface area contributed by atoms with E-state index < -0.39 is 17.3 Å². The van der Waals surface area contributed by atoms with Gasteiger partial charge in [0.05, 0.1) is 0 Å². The second-order valence-electron chi connectivity index (χ2n) is 8.11. The van der Waals surface area contributed by atoms with Crippen LogP contribution in [0.3, 0.4) is 0 Å². The van der Waals surface area contributed by atoms with Gasteiger partial charge in [-0.25, -0.2) is 24.3 Å². The van der Waals surface area contributed by atoms with Crippen LogP contribution < -0.4 is 10.5 Å². The molecule has 0 fully saturated rings. The maximum Gasteiger partial charge on any atom is 0.283 e. The normalized spacial score (nSPS) is 18.0. The Bertz CT molecular complexity index is 1490. The molecule has 0 bridgehead atoms. The molecule has 168 valence electrons. The highest BCUT2D eigenvalue weighted by Gasteiger charge is 2.48. The molecule has 34 heavy (non-hydrogen) atoms. The highest BCUT2D eigenvalue weighted by Crippen LogP contribution is 2.53. The fourth-order valence-electron chi connectivity index (χ4n) is 4.39. The van der Waals surface area contributed by atoms with E-state index in [1.54, 1.807) is 55.7 Å². The van der Waals surface area contributed by atoms with Crippen molar-refractivity contribution < 1.29 is 18.3 Å². The van der Waals surface area contributed by atoms with Crippen molar-refractivity contribution in [2.75, 3.05) is 6.61 Å². The first-order chi connectivity index (χ1) is 16.4. The van der Waals surface area contributed by atoms with Gasteiger partial charge in [-0.1, -0.05) is 6.07 Å². The molecule has 2 aromatic carbocycles. The summed E-state index contributed by atoms with van der Waals surface area (Å²) in [6.07, 6.45) is 4.63. The van der Waals surface area contributed by atoms with Gasteiger partial charge in [-0.2, -0.15) is 4.39 Å². The second-order valence-corrected chi connectivity index (χ2v) is 8.11. The number of ether oxygens (including phenoxy) is 2. The summed E-state index contributed by atoms with van der Waals surface area (Å²) in [6, 6.07) is 11.5. The van der Waals surface area contributed by atoms with Crippen molar-refractivity contribution in [3.63, 3.8) is 0 Å². The number of rotatable bonds is 2. The van der Waals surface area contributed by atoms with Crippen LogP contribution in [0.15, 0.2) is 66.0 Å². The minimum Gasteiger partial charge on any atom is -0.462 e. The Hall–Kier alpha value is -4.40. The average molecular weight is 457 g/mol. The number of hydrogen-bond acceptors (Lipinski definition) is 7. The van der Waals surface area contributed by atoms with Gasteiger partial charge in [0.15, 0.2) is 17.1 Å². The molecule has 4 aromatic rings. The van der Waals surface area contributed by atoms with Gasteiger partial charge in [-0.3, -0.25) is 0 Å². The predicted octanol–water partition coefficient (Wildman–Crippen LogP) is 4.49. The number of aliphatic imine (C=N–C) groups is 1. The smallest absolute Gasteiger partial charge is 0.283 e. The van der Waals surface area contributed by atoms with Crippen LogP contribution in [0.2, 0.25) is 0 Å². The number of aromatic nitrogens is 3. The van der Waals surface area contributed by atoms with E-state index in [2.05, 4.69) is 19.9 Å². The summed E-state index contributed by atoms with van der Waals surface area (Å²) in [5, 5.41) is 0. The summed E-state index contributed by atoms with van der Waals surface area (Å²) in [4.78, 5) is 16.7. The van der Waals surface area contributed by atoms with Crippen molar-refractivity contribution in [1.82, 2.24) is 15.0 Å². The molecule has 7 nitrogen and oxygen atoms in total. The van der Waals surface area contributed by atoms with Crippen molar-refractivity contribution in [3.8, 4) is 33.8 Å². The summed E-state index contributed by atoms with van der Waals surface area (Å²) in [5.41, 5.74) is 7.86. The fourth-order valence-corrected chi connectivity index (χ4v) is 4.39. The number of fused-ring (bicyclic) bond motifs is 4. The molecule has 2 N–H and O–H groups in total. The van der Waals surface area contributed by atoms with Gasteiger partial charge in [0.2, 0.25) is 5.95 Å². The van der Waals surface area contributed by atoms with E-state index in [-0.39, 0.29) is 18.4 Å². The number of halogens is 2. The minimum atomic E-state index is -1.18. The third-order valence-corrected chi connectivity index (χ3v) is 6.04. The summed E-state index contributed by atoms with van der Waals surface area (Å²) < 4.78 is 41.3. The van der Waals surface area contributed by atoms with E-state index in [9.17, 15) is 4.39 Å². The first kappa shape index (κ1) is 20.2. The van der Waals surface area contributed by atoms with Crippen LogP contribution in [-0.4, -0.2) is 27.6 Å². The maximum absolute atomic E-state index is 15.4. The summed E-state index contributed by atoms with van der Waals surface area (Å²) >= 11 is 0. The van der Waals surface area contributed by atoms with Crippen LogP contribution in [0.5, 0.6) is 11.5 Å². The fraction of sp³-hybridized carbons (Fsp3) is 0.120. The van der Waals surface area contributed by atoms with Gasteiger partial charge < -0.3 is 15.2 Å². The number of pyridine rings is 1. The number of nitrogens with two attached hydrogens (primary N) is 1. The third kappa shape index (κ3) is 3.01. The number of nitrogens with zero attached hydrogens (tertiary/aromatic N) is 4. The predicted molar refractivity (Wildman–Crippen MR) is 120 cm³/mol. The Balaban J connectivity index is 1.58. The third-order valence-electron chi connectivity index (χ3n) is 6.04. The van der Waals surface area contributed by atoms with Crippen LogP contribution in [0, 0.1) is 18.7 Å². The monoisotopic (exact) mass is 457 g/mol. The zero-order chi connectivity index (χ0) is 23.4. The molecule has 1 spiro atoms. The van der Waals surface area contributed by atoms with E-state index >= 15 is 4.39 Å². The summed E-state index contributed by atoms with van der Waals surface area (Å²) in [5.74, 6) is -0.152. The van der Waals surface area contributed by atoms with Crippen molar-refractivity contribution in [2.45, 2.75) is 12.5 Å². The maximum atomic E-state index is 15.4. The number of benzene rings is 2. The first-order valence-electron chi connectivity index (χ1n) is 10.5. The van der Waals surface area contributed by atoms with E-state index in [0.717, 1.165) is 0 Å². The van der Waals surface area contributed by atoms with E-state index in [1.165, 1.54) is 12.3 Å². The Morgan fingerprint density at radius 1 is 0.941 bits per heavy atom. The number of amidine groups is 1. The molecule has 4 heterocycles. The van der Waals surface area contributed by atoms with Crippen molar-refractivity contribution >= 4 is 6.02 Å². The van der Waals surface area contributed by atoms with Crippen LogP contribution in [0.25, 0.3) is 22.3 Å². The van der Waals surface area contributed by atoms with Crippen LogP contribution in [-0.2, 0) is 10.3 Å². The number of hydrogen-bond donors (Lipinski definition) is 1.